The fourth-order valence-electron chi connectivity index (χ4n) is 3.99. The molecule has 0 heterocycles. The van der Waals surface area contributed by atoms with Gasteiger partial charge in [0, 0.05) is 0 Å². The molecule has 0 aromatic rings. The van der Waals surface area contributed by atoms with Gasteiger partial charge in [0.2, 0.25) is 0 Å². The second-order valence-electron chi connectivity index (χ2n) is 5.62. The first-order valence-electron chi connectivity index (χ1n) is 6.96. The zero-order valence-corrected chi connectivity index (χ0v) is 12.1. The van der Waals surface area contributed by atoms with Crippen molar-refractivity contribution in [2.75, 3.05) is 0 Å². The number of rotatable bonds is 5. The molecule has 0 aliphatic heterocycles. The summed E-state index contributed by atoms with van der Waals surface area (Å²) in [4.78, 5) is 24.0. The van der Waals surface area contributed by atoms with Crippen molar-refractivity contribution in [3.05, 3.63) is 12.2 Å². The van der Waals surface area contributed by atoms with Crippen LogP contribution in [-0.4, -0.2) is 22.2 Å². The minimum absolute atomic E-state index is 0.280. The minimum Gasteiger partial charge on any atom is -0.481 e. The predicted octanol–water partition coefficient (Wildman–Crippen LogP) is 3.18. The van der Waals surface area contributed by atoms with Crippen molar-refractivity contribution in [1.29, 1.82) is 0 Å². The van der Waals surface area contributed by atoms with Gasteiger partial charge in [0.25, 0.3) is 0 Å². The van der Waals surface area contributed by atoms with Crippen molar-refractivity contribution in [2.24, 2.45) is 22.7 Å². The average Bonchev–Trinajstić information content (AvgIpc) is 2.33. The van der Waals surface area contributed by atoms with E-state index in [9.17, 15) is 19.8 Å². The Morgan fingerprint density at radius 3 is 1.74 bits per heavy atom. The molecule has 0 aromatic heterocycles. The molecule has 0 bridgehead atoms. The number of allylic oxidation sites excluding steroid dienone is 2. The van der Waals surface area contributed by atoms with Gasteiger partial charge in [0.15, 0.2) is 0 Å². The zero-order valence-electron chi connectivity index (χ0n) is 12.1. The summed E-state index contributed by atoms with van der Waals surface area (Å²) in [6.45, 7) is 7.32. The van der Waals surface area contributed by atoms with Gasteiger partial charge in [-0.3, -0.25) is 9.59 Å². The molecule has 1 rings (SSSR count). The molecular weight excluding hydrogens is 244 g/mol. The summed E-state index contributed by atoms with van der Waals surface area (Å²) in [5.41, 5.74) is -2.46. The second kappa shape index (κ2) is 5.35. The highest BCUT2D eigenvalue weighted by Gasteiger charge is 2.65. The van der Waals surface area contributed by atoms with Crippen molar-refractivity contribution >= 4 is 11.9 Å². The van der Waals surface area contributed by atoms with E-state index in [-0.39, 0.29) is 11.8 Å². The molecule has 0 spiro atoms. The van der Waals surface area contributed by atoms with Crippen LogP contribution in [0.3, 0.4) is 0 Å². The molecule has 19 heavy (non-hydrogen) atoms. The Bertz CT molecular complexity index is 401. The van der Waals surface area contributed by atoms with E-state index >= 15 is 0 Å². The quantitative estimate of drug-likeness (QED) is 0.751. The molecular formula is C15H24O4. The summed E-state index contributed by atoms with van der Waals surface area (Å²) in [5.74, 6) is -2.54. The Balaban J connectivity index is 3.62. The molecule has 0 fully saturated rings. The van der Waals surface area contributed by atoms with Gasteiger partial charge in [-0.05, 0) is 24.7 Å². The van der Waals surface area contributed by atoms with Crippen LogP contribution in [0.1, 0.15) is 47.0 Å². The normalized spacial score (nSPS) is 38.1. The maximum Gasteiger partial charge on any atom is 0.311 e. The van der Waals surface area contributed by atoms with E-state index in [4.69, 9.17) is 0 Å². The fourth-order valence-corrected chi connectivity index (χ4v) is 3.99. The van der Waals surface area contributed by atoms with Crippen LogP contribution < -0.4 is 0 Å². The first-order valence-corrected chi connectivity index (χ1v) is 6.96. The van der Waals surface area contributed by atoms with Gasteiger partial charge in [-0.1, -0.05) is 46.3 Å². The van der Waals surface area contributed by atoms with Crippen molar-refractivity contribution < 1.29 is 19.8 Å². The van der Waals surface area contributed by atoms with Crippen molar-refractivity contribution in [3.8, 4) is 0 Å². The largest absolute Gasteiger partial charge is 0.481 e. The predicted molar refractivity (Wildman–Crippen MR) is 72.8 cm³/mol. The van der Waals surface area contributed by atoms with E-state index in [1.54, 1.807) is 6.92 Å². The summed E-state index contributed by atoms with van der Waals surface area (Å²) in [6, 6.07) is 0. The van der Waals surface area contributed by atoms with Crippen LogP contribution in [0.4, 0.5) is 0 Å². The lowest BCUT2D eigenvalue weighted by atomic mass is 9.48. The third-order valence-corrected chi connectivity index (χ3v) is 5.00. The van der Waals surface area contributed by atoms with E-state index in [2.05, 4.69) is 0 Å². The van der Waals surface area contributed by atoms with E-state index in [1.807, 2.05) is 32.9 Å². The molecule has 0 saturated carbocycles. The first-order chi connectivity index (χ1) is 8.81. The summed E-state index contributed by atoms with van der Waals surface area (Å²) >= 11 is 0. The maximum atomic E-state index is 12.0. The Morgan fingerprint density at radius 1 is 1.00 bits per heavy atom. The van der Waals surface area contributed by atoms with Crippen LogP contribution in [0.5, 0.6) is 0 Å². The molecule has 4 nitrogen and oxygen atoms in total. The minimum atomic E-state index is -1.23. The maximum absolute atomic E-state index is 12.0. The SMILES string of the molecule is CCCC1(C(=O)O)C(C)C=CC(C)C1(CC)C(=O)O. The number of hydrogen-bond acceptors (Lipinski definition) is 2. The number of hydrogen-bond donors (Lipinski definition) is 2. The highest BCUT2D eigenvalue weighted by atomic mass is 16.4. The fraction of sp³-hybridized carbons (Fsp3) is 0.733. The van der Waals surface area contributed by atoms with E-state index in [0.717, 1.165) is 0 Å². The van der Waals surface area contributed by atoms with Gasteiger partial charge in [-0.2, -0.15) is 0 Å². The van der Waals surface area contributed by atoms with Crippen LogP contribution >= 0.6 is 0 Å². The summed E-state index contributed by atoms with van der Waals surface area (Å²) in [5, 5.41) is 19.6. The number of aliphatic carboxylic acids is 2. The summed E-state index contributed by atoms with van der Waals surface area (Å²) in [7, 11) is 0. The van der Waals surface area contributed by atoms with Gasteiger partial charge in [0.1, 0.15) is 0 Å². The molecule has 1 aliphatic rings. The lowest BCUT2D eigenvalue weighted by Crippen LogP contribution is -2.59. The Kier molecular flexibility index (Phi) is 4.43. The smallest absolute Gasteiger partial charge is 0.311 e. The first kappa shape index (κ1) is 15.7. The molecule has 4 atom stereocenters. The van der Waals surface area contributed by atoms with Gasteiger partial charge < -0.3 is 10.2 Å². The number of carboxylic acid groups (broad SMARTS) is 2. The molecule has 2 N–H and O–H groups in total. The number of carboxylic acids is 2. The van der Waals surface area contributed by atoms with Crippen LogP contribution in [0.2, 0.25) is 0 Å². The molecule has 0 radical (unpaired) electrons. The highest BCUT2D eigenvalue weighted by Crippen LogP contribution is 2.58. The molecule has 4 unspecified atom stereocenters. The lowest BCUT2D eigenvalue weighted by Gasteiger charge is -2.52. The van der Waals surface area contributed by atoms with Crippen molar-refractivity contribution in [3.63, 3.8) is 0 Å². The van der Waals surface area contributed by atoms with Crippen LogP contribution in [-0.2, 0) is 9.59 Å². The third kappa shape index (κ3) is 1.88. The molecule has 108 valence electrons. The van der Waals surface area contributed by atoms with E-state index in [1.165, 1.54) is 0 Å². The third-order valence-electron chi connectivity index (χ3n) is 5.00. The van der Waals surface area contributed by atoms with Crippen molar-refractivity contribution in [2.45, 2.75) is 47.0 Å². The average molecular weight is 268 g/mol. The monoisotopic (exact) mass is 268 g/mol. The second-order valence-corrected chi connectivity index (χ2v) is 5.62. The Hall–Kier alpha value is -1.32. The highest BCUT2D eigenvalue weighted by molar-refractivity contribution is 5.88. The lowest BCUT2D eigenvalue weighted by molar-refractivity contribution is -0.186. The summed E-state index contributed by atoms with van der Waals surface area (Å²) in [6.07, 6.45) is 5.10. The number of carbonyl (C=O) groups is 2. The summed E-state index contributed by atoms with van der Waals surface area (Å²) < 4.78 is 0. The molecule has 1 aliphatic carbocycles. The Labute approximate surface area is 114 Å². The van der Waals surface area contributed by atoms with Crippen LogP contribution in [0.15, 0.2) is 12.2 Å². The van der Waals surface area contributed by atoms with E-state index in [0.29, 0.717) is 19.3 Å². The van der Waals surface area contributed by atoms with Gasteiger partial charge in [-0.25, -0.2) is 0 Å². The van der Waals surface area contributed by atoms with Crippen LogP contribution in [0.25, 0.3) is 0 Å². The molecule has 0 aromatic carbocycles. The van der Waals surface area contributed by atoms with Gasteiger partial charge >= 0.3 is 11.9 Å². The standard InChI is InChI=1S/C15H24O4/c1-5-9-15(13(18)19)11(4)8-7-10(3)14(15,6-2)12(16)17/h7-8,10-11H,5-6,9H2,1-4H3,(H,16,17)(H,18,19). The molecule has 0 amide bonds. The zero-order chi connectivity index (χ0) is 14.8. The van der Waals surface area contributed by atoms with Crippen LogP contribution in [0, 0.1) is 22.7 Å². The Morgan fingerprint density at radius 2 is 1.42 bits per heavy atom. The van der Waals surface area contributed by atoms with Gasteiger partial charge in [0.05, 0.1) is 10.8 Å². The van der Waals surface area contributed by atoms with Gasteiger partial charge in [-0.15, -0.1) is 0 Å². The van der Waals surface area contributed by atoms with Crippen molar-refractivity contribution in [1.82, 2.24) is 0 Å². The van der Waals surface area contributed by atoms with E-state index < -0.39 is 22.8 Å². The topological polar surface area (TPSA) is 74.6 Å². The molecule has 4 heteroatoms. The molecule has 0 saturated heterocycles.